The van der Waals surface area contributed by atoms with E-state index in [1.807, 2.05) is 30.3 Å². The van der Waals surface area contributed by atoms with E-state index in [4.69, 9.17) is 5.73 Å². The van der Waals surface area contributed by atoms with Crippen LogP contribution in [0.15, 0.2) is 30.3 Å². The lowest BCUT2D eigenvalue weighted by Crippen LogP contribution is -2.55. The van der Waals surface area contributed by atoms with E-state index in [9.17, 15) is 4.79 Å². The van der Waals surface area contributed by atoms with Gasteiger partial charge in [-0.1, -0.05) is 36.8 Å². The standard InChI is InChI=1S/C15H23N3O/c1-11-7-6-8-12(2)18(11)17-15(19)14(16)13-9-4-3-5-10-13/h3-5,9-12,14H,6-8,16H2,1-2H3,(H,17,19)/t11?,12?,14-/m0/s1. The molecule has 1 heterocycles. The maximum Gasteiger partial charge on any atom is 0.255 e. The Kier molecular flexibility index (Phi) is 4.56. The third kappa shape index (κ3) is 3.33. The van der Waals surface area contributed by atoms with Crippen LogP contribution >= 0.6 is 0 Å². The maximum atomic E-state index is 12.2. The second kappa shape index (κ2) is 6.17. The summed E-state index contributed by atoms with van der Waals surface area (Å²) in [7, 11) is 0. The van der Waals surface area contributed by atoms with Crippen molar-refractivity contribution in [2.24, 2.45) is 5.73 Å². The molecule has 2 rings (SSSR count). The second-order valence-electron chi connectivity index (χ2n) is 5.40. The third-order valence-electron chi connectivity index (χ3n) is 3.87. The van der Waals surface area contributed by atoms with Gasteiger partial charge in [0.05, 0.1) is 0 Å². The van der Waals surface area contributed by atoms with E-state index >= 15 is 0 Å². The quantitative estimate of drug-likeness (QED) is 0.874. The average Bonchev–Trinajstić information content (AvgIpc) is 2.43. The van der Waals surface area contributed by atoms with E-state index in [-0.39, 0.29) is 5.91 Å². The Labute approximate surface area is 114 Å². The van der Waals surface area contributed by atoms with Crippen molar-refractivity contribution < 1.29 is 4.79 Å². The molecule has 3 atom stereocenters. The lowest BCUT2D eigenvalue weighted by atomic mass is 9.99. The number of carbonyl (C=O) groups is 1. The molecule has 1 fully saturated rings. The summed E-state index contributed by atoms with van der Waals surface area (Å²) in [5.74, 6) is -0.133. The first kappa shape index (κ1) is 14.0. The number of hydrogen-bond acceptors (Lipinski definition) is 3. The van der Waals surface area contributed by atoms with Gasteiger partial charge in [0, 0.05) is 12.1 Å². The van der Waals surface area contributed by atoms with Crippen LogP contribution in [0, 0.1) is 0 Å². The van der Waals surface area contributed by atoms with Gasteiger partial charge in [-0.2, -0.15) is 0 Å². The molecule has 0 bridgehead atoms. The molecule has 104 valence electrons. The highest BCUT2D eigenvalue weighted by Gasteiger charge is 2.27. The smallest absolute Gasteiger partial charge is 0.255 e. The number of nitrogens with one attached hydrogen (secondary N) is 1. The lowest BCUT2D eigenvalue weighted by Gasteiger charge is -2.39. The van der Waals surface area contributed by atoms with Gasteiger partial charge < -0.3 is 5.73 Å². The highest BCUT2D eigenvalue weighted by Crippen LogP contribution is 2.21. The summed E-state index contributed by atoms with van der Waals surface area (Å²) in [5.41, 5.74) is 9.84. The number of rotatable bonds is 3. The van der Waals surface area contributed by atoms with E-state index in [0.717, 1.165) is 18.4 Å². The molecule has 4 heteroatoms. The highest BCUT2D eigenvalue weighted by atomic mass is 16.2. The SMILES string of the molecule is CC1CCCC(C)N1NC(=O)[C@@H](N)c1ccccc1. The molecule has 0 radical (unpaired) electrons. The number of hydrazine groups is 1. The Morgan fingerprint density at radius 3 is 2.42 bits per heavy atom. The van der Waals surface area contributed by atoms with Crippen LogP contribution < -0.4 is 11.2 Å². The van der Waals surface area contributed by atoms with Crippen molar-refractivity contribution in [2.45, 2.75) is 51.2 Å². The first-order valence-corrected chi connectivity index (χ1v) is 6.99. The van der Waals surface area contributed by atoms with Gasteiger partial charge in [-0.3, -0.25) is 10.2 Å². The van der Waals surface area contributed by atoms with Crippen molar-refractivity contribution in [1.82, 2.24) is 10.4 Å². The zero-order chi connectivity index (χ0) is 13.8. The van der Waals surface area contributed by atoms with Crippen molar-refractivity contribution in [3.63, 3.8) is 0 Å². The summed E-state index contributed by atoms with van der Waals surface area (Å²) < 4.78 is 0. The summed E-state index contributed by atoms with van der Waals surface area (Å²) in [6, 6.07) is 9.61. The van der Waals surface area contributed by atoms with Crippen LogP contribution in [0.5, 0.6) is 0 Å². The van der Waals surface area contributed by atoms with Crippen molar-refractivity contribution in [3.05, 3.63) is 35.9 Å². The fraction of sp³-hybridized carbons (Fsp3) is 0.533. The molecule has 0 saturated carbocycles. The average molecular weight is 261 g/mol. The molecule has 4 nitrogen and oxygen atoms in total. The van der Waals surface area contributed by atoms with Crippen LogP contribution in [0.25, 0.3) is 0 Å². The molecular weight excluding hydrogens is 238 g/mol. The van der Waals surface area contributed by atoms with E-state index in [2.05, 4.69) is 24.3 Å². The van der Waals surface area contributed by atoms with Crippen LogP contribution in [0.1, 0.15) is 44.7 Å². The predicted octanol–water partition coefficient (Wildman–Crippen LogP) is 1.98. The van der Waals surface area contributed by atoms with Gasteiger partial charge in [0.1, 0.15) is 6.04 Å². The fourth-order valence-electron chi connectivity index (χ4n) is 2.65. The normalized spacial score (nSPS) is 25.8. The topological polar surface area (TPSA) is 58.4 Å². The van der Waals surface area contributed by atoms with Gasteiger partial charge in [0.25, 0.3) is 5.91 Å². The van der Waals surface area contributed by atoms with Gasteiger partial charge >= 0.3 is 0 Å². The maximum absolute atomic E-state index is 12.2. The second-order valence-corrected chi connectivity index (χ2v) is 5.40. The van der Waals surface area contributed by atoms with Crippen molar-refractivity contribution in [1.29, 1.82) is 0 Å². The fourth-order valence-corrected chi connectivity index (χ4v) is 2.65. The minimum atomic E-state index is -0.609. The molecule has 0 aliphatic carbocycles. The molecule has 3 N–H and O–H groups in total. The molecule has 1 amide bonds. The predicted molar refractivity (Wildman–Crippen MR) is 76.1 cm³/mol. The Bertz CT molecular complexity index is 411. The zero-order valence-corrected chi connectivity index (χ0v) is 11.7. The van der Waals surface area contributed by atoms with E-state index in [0.29, 0.717) is 12.1 Å². The van der Waals surface area contributed by atoms with Gasteiger partial charge in [-0.05, 0) is 32.3 Å². The minimum Gasteiger partial charge on any atom is -0.316 e. The number of amides is 1. The number of carbonyl (C=O) groups excluding carboxylic acids is 1. The van der Waals surface area contributed by atoms with E-state index in [1.54, 1.807) is 0 Å². The number of benzene rings is 1. The van der Waals surface area contributed by atoms with Gasteiger partial charge in [0.2, 0.25) is 0 Å². The largest absolute Gasteiger partial charge is 0.316 e. The number of piperidine rings is 1. The Balaban J connectivity index is 2.00. The van der Waals surface area contributed by atoms with Crippen LogP contribution in [0.2, 0.25) is 0 Å². The summed E-state index contributed by atoms with van der Waals surface area (Å²) in [6.07, 6.45) is 3.45. The molecule has 1 aromatic carbocycles. The van der Waals surface area contributed by atoms with Crippen molar-refractivity contribution in [3.8, 4) is 0 Å². The monoisotopic (exact) mass is 261 g/mol. The lowest BCUT2D eigenvalue weighted by molar-refractivity contribution is -0.130. The molecule has 1 aromatic rings. The summed E-state index contributed by atoms with van der Waals surface area (Å²) >= 11 is 0. The van der Waals surface area contributed by atoms with Gasteiger partial charge in [-0.15, -0.1) is 0 Å². The Hall–Kier alpha value is -1.39. The third-order valence-corrected chi connectivity index (χ3v) is 3.87. The van der Waals surface area contributed by atoms with Crippen LogP contribution in [0.3, 0.4) is 0 Å². The molecule has 1 aliphatic rings. The van der Waals surface area contributed by atoms with Crippen molar-refractivity contribution >= 4 is 5.91 Å². The molecule has 1 saturated heterocycles. The van der Waals surface area contributed by atoms with Crippen LogP contribution in [-0.4, -0.2) is 23.0 Å². The molecule has 19 heavy (non-hydrogen) atoms. The van der Waals surface area contributed by atoms with Crippen LogP contribution in [0.4, 0.5) is 0 Å². The first-order chi connectivity index (χ1) is 9.09. The number of nitrogens with two attached hydrogens (primary N) is 1. The number of hydrogen-bond donors (Lipinski definition) is 2. The van der Waals surface area contributed by atoms with Gasteiger partial charge in [-0.25, -0.2) is 5.01 Å². The summed E-state index contributed by atoms with van der Waals surface area (Å²) in [6.45, 7) is 4.29. The first-order valence-electron chi connectivity index (χ1n) is 6.99. The van der Waals surface area contributed by atoms with E-state index < -0.39 is 6.04 Å². The van der Waals surface area contributed by atoms with Crippen LogP contribution in [-0.2, 0) is 4.79 Å². The minimum absolute atomic E-state index is 0.133. The molecule has 0 aromatic heterocycles. The molecule has 1 aliphatic heterocycles. The Morgan fingerprint density at radius 2 is 1.84 bits per heavy atom. The Morgan fingerprint density at radius 1 is 1.26 bits per heavy atom. The summed E-state index contributed by atoms with van der Waals surface area (Å²) in [4.78, 5) is 12.2. The van der Waals surface area contributed by atoms with E-state index in [1.165, 1.54) is 6.42 Å². The van der Waals surface area contributed by atoms with Gasteiger partial charge in [0.15, 0.2) is 0 Å². The van der Waals surface area contributed by atoms with Crippen molar-refractivity contribution in [2.75, 3.05) is 0 Å². The molecular formula is C15H23N3O. The molecule has 2 unspecified atom stereocenters. The number of nitrogens with zero attached hydrogens (tertiary/aromatic N) is 1. The zero-order valence-electron chi connectivity index (χ0n) is 11.7. The summed E-state index contributed by atoms with van der Waals surface area (Å²) in [5, 5.41) is 2.05. The molecule has 0 spiro atoms. The highest BCUT2D eigenvalue weighted by molar-refractivity contribution is 5.82.